The van der Waals surface area contributed by atoms with Crippen LogP contribution in [-0.2, 0) is 13.0 Å². The Morgan fingerprint density at radius 3 is 2.83 bits per heavy atom. The minimum Gasteiger partial charge on any atom is -0.365 e. The van der Waals surface area contributed by atoms with Crippen LogP contribution in [0, 0.1) is 11.3 Å². The van der Waals surface area contributed by atoms with Gasteiger partial charge in [-0.2, -0.15) is 14.9 Å². The molecule has 23 heavy (non-hydrogen) atoms. The van der Waals surface area contributed by atoms with Crippen molar-refractivity contribution in [3.05, 3.63) is 72.1 Å². The van der Waals surface area contributed by atoms with E-state index in [9.17, 15) is 5.26 Å². The Labute approximate surface area is 134 Å². The van der Waals surface area contributed by atoms with E-state index >= 15 is 0 Å². The zero-order chi connectivity index (χ0) is 16.1. The molecule has 1 aromatic carbocycles. The molecule has 114 valence electrons. The number of rotatable bonds is 6. The Kier molecular flexibility index (Phi) is 4.34. The van der Waals surface area contributed by atoms with Crippen LogP contribution in [0.4, 0.5) is 5.82 Å². The third kappa shape index (κ3) is 3.06. The average molecular weight is 303 g/mol. The molecule has 0 atom stereocenters. The first kappa shape index (κ1) is 14.8. The van der Waals surface area contributed by atoms with Gasteiger partial charge < -0.3 is 5.32 Å². The largest absolute Gasteiger partial charge is 0.365 e. The van der Waals surface area contributed by atoms with Crippen molar-refractivity contribution >= 4 is 11.5 Å². The van der Waals surface area contributed by atoms with Crippen LogP contribution in [0.1, 0.15) is 23.2 Å². The number of fused-ring (bicyclic) bond motifs is 1. The molecule has 0 radical (unpaired) electrons. The van der Waals surface area contributed by atoms with Crippen molar-refractivity contribution in [2.24, 2.45) is 0 Å². The zero-order valence-corrected chi connectivity index (χ0v) is 12.7. The molecule has 0 aliphatic heterocycles. The van der Waals surface area contributed by atoms with Gasteiger partial charge in [0.25, 0.3) is 0 Å². The van der Waals surface area contributed by atoms with E-state index in [1.165, 1.54) is 0 Å². The number of benzene rings is 1. The highest BCUT2D eigenvalue weighted by Gasteiger charge is 2.15. The second kappa shape index (κ2) is 6.75. The molecule has 5 nitrogen and oxygen atoms in total. The number of nitriles is 1. The summed E-state index contributed by atoms with van der Waals surface area (Å²) < 4.78 is 1.68. The number of nitrogens with zero attached hydrogens (tertiary/aromatic N) is 4. The molecule has 5 heteroatoms. The number of aromatic nitrogens is 3. The topological polar surface area (TPSA) is 66.0 Å². The minimum atomic E-state index is 0.541. The fraction of sp³-hybridized carbons (Fsp3) is 0.167. The fourth-order valence-electron chi connectivity index (χ4n) is 2.47. The Bertz CT molecular complexity index is 858. The van der Waals surface area contributed by atoms with E-state index in [-0.39, 0.29) is 0 Å². The Hall–Kier alpha value is -3.13. The molecule has 3 rings (SSSR count). The molecule has 2 heterocycles. The first-order valence-corrected chi connectivity index (χ1v) is 7.49. The van der Waals surface area contributed by atoms with E-state index in [1.807, 2.05) is 42.5 Å². The number of anilines is 1. The summed E-state index contributed by atoms with van der Waals surface area (Å²) >= 11 is 0. The van der Waals surface area contributed by atoms with Crippen LogP contribution in [0.25, 0.3) is 5.65 Å². The molecule has 0 fully saturated rings. The van der Waals surface area contributed by atoms with Gasteiger partial charge in [-0.15, -0.1) is 6.58 Å². The molecule has 0 spiro atoms. The molecule has 0 aliphatic rings. The van der Waals surface area contributed by atoms with Crippen molar-refractivity contribution in [1.82, 2.24) is 14.6 Å². The van der Waals surface area contributed by atoms with Crippen LogP contribution >= 0.6 is 0 Å². The van der Waals surface area contributed by atoms with E-state index in [0.29, 0.717) is 24.3 Å². The maximum Gasteiger partial charge on any atom is 0.157 e. The van der Waals surface area contributed by atoms with Gasteiger partial charge >= 0.3 is 0 Å². The predicted molar refractivity (Wildman–Crippen MR) is 90.0 cm³/mol. The van der Waals surface area contributed by atoms with E-state index in [1.54, 1.807) is 10.7 Å². The van der Waals surface area contributed by atoms with Crippen LogP contribution in [0.2, 0.25) is 0 Å². The zero-order valence-electron chi connectivity index (χ0n) is 12.7. The van der Waals surface area contributed by atoms with E-state index in [0.717, 1.165) is 23.3 Å². The summed E-state index contributed by atoms with van der Waals surface area (Å²) in [4.78, 5) is 4.55. The second-order valence-corrected chi connectivity index (χ2v) is 5.16. The highest BCUT2D eigenvalue weighted by atomic mass is 15.3. The highest BCUT2D eigenvalue weighted by Crippen LogP contribution is 2.21. The Morgan fingerprint density at radius 1 is 1.26 bits per heavy atom. The molecule has 0 saturated heterocycles. The number of aryl methyl sites for hydroxylation is 1. The van der Waals surface area contributed by atoms with E-state index < -0.39 is 0 Å². The van der Waals surface area contributed by atoms with Gasteiger partial charge in [-0.05, 0) is 18.4 Å². The average Bonchev–Trinajstić information content (AvgIpc) is 3.06. The summed E-state index contributed by atoms with van der Waals surface area (Å²) in [5, 5.41) is 17.2. The van der Waals surface area contributed by atoms with Gasteiger partial charge in [-0.3, -0.25) is 0 Å². The Balaban J connectivity index is 2.00. The van der Waals surface area contributed by atoms with E-state index in [4.69, 9.17) is 0 Å². The number of allylic oxidation sites excluding steroid dienone is 1. The maximum atomic E-state index is 9.60. The first-order chi connectivity index (χ1) is 11.3. The van der Waals surface area contributed by atoms with Crippen molar-refractivity contribution in [3.63, 3.8) is 0 Å². The number of hydrogen-bond acceptors (Lipinski definition) is 4. The van der Waals surface area contributed by atoms with Crippen molar-refractivity contribution in [3.8, 4) is 6.07 Å². The fourth-order valence-corrected chi connectivity index (χ4v) is 2.47. The van der Waals surface area contributed by atoms with Crippen molar-refractivity contribution in [2.45, 2.75) is 19.4 Å². The van der Waals surface area contributed by atoms with Gasteiger partial charge in [-0.1, -0.05) is 36.4 Å². The van der Waals surface area contributed by atoms with Crippen LogP contribution in [0.15, 0.2) is 55.3 Å². The molecular formula is C18H17N5. The molecule has 0 saturated carbocycles. The normalized spacial score (nSPS) is 10.4. The molecule has 0 aliphatic carbocycles. The SMILES string of the molecule is C=CCCc1nc2ccnn2c(NCc2ccccc2)c1C#N. The number of hydrogen-bond donors (Lipinski definition) is 1. The van der Waals surface area contributed by atoms with Gasteiger partial charge in [0.05, 0.1) is 11.9 Å². The maximum absolute atomic E-state index is 9.60. The lowest BCUT2D eigenvalue weighted by atomic mass is 10.1. The predicted octanol–water partition coefficient (Wildman–Crippen LogP) is 3.33. The van der Waals surface area contributed by atoms with Gasteiger partial charge in [0, 0.05) is 12.6 Å². The third-order valence-corrected chi connectivity index (χ3v) is 3.61. The third-order valence-electron chi connectivity index (χ3n) is 3.61. The van der Waals surface area contributed by atoms with Crippen LogP contribution in [0.3, 0.4) is 0 Å². The van der Waals surface area contributed by atoms with Gasteiger partial charge in [0.15, 0.2) is 5.65 Å². The highest BCUT2D eigenvalue weighted by molar-refractivity contribution is 5.60. The lowest BCUT2D eigenvalue weighted by Gasteiger charge is -2.13. The van der Waals surface area contributed by atoms with Crippen molar-refractivity contribution in [2.75, 3.05) is 5.32 Å². The smallest absolute Gasteiger partial charge is 0.157 e. The second-order valence-electron chi connectivity index (χ2n) is 5.16. The summed E-state index contributed by atoms with van der Waals surface area (Å²) in [7, 11) is 0. The summed E-state index contributed by atoms with van der Waals surface area (Å²) in [5.41, 5.74) is 3.19. The molecule has 0 unspecified atom stereocenters. The van der Waals surface area contributed by atoms with Crippen LogP contribution < -0.4 is 5.32 Å². The molecular weight excluding hydrogens is 286 g/mol. The summed E-state index contributed by atoms with van der Waals surface area (Å²) in [5.74, 6) is 0.686. The monoisotopic (exact) mass is 303 g/mol. The van der Waals surface area contributed by atoms with Gasteiger partial charge in [0.1, 0.15) is 17.5 Å². The van der Waals surface area contributed by atoms with Gasteiger partial charge in [-0.25, -0.2) is 4.98 Å². The first-order valence-electron chi connectivity index (χ1n) is 7.49. The lowest BCUT2D eigenvalue weighted by Crippen LogP contribution is -2.11. The molecule has 0 bridgehead atoms. The standard InChI is InChI=1S/C18H17N5/c1-2-3-9-16-15(12-19)18(23-17(22-16)10-11-21-23)20-13-14-7-5-4-6-8-14/h2,4-8,10-11,20H,1,3,9,13H2. The quantitative estimate of drug-likeness (QED) is 0.709. The molecule has 0 amide bonds. The van der Waals surface area contributed by atoms with Crippen molar-refractivity contribution in [1.29, 1.82) is 5.26 Å². The van der Waals surface area contributed by atoms with E-state index in [2.05, 4.69) is 28.0 Å². The van der Waals surface area contributed by atoms with Crippen molar-refractivity contribution < 1.29 is 0 Å². The summed E-state index contributed by atoms with van der Waals surface area (Å²) in [6.07, 6.45) is 4.99. The lowest BCUT2D eigenvalue weighted by molar-refractivity contribution is 0.877. The van der Waals surface area contributed by atoms with Crippen LogP contribution in [0.5, 0.6) is 0 Å². The molecule has 3 aromatic rings. The Morgan fingerprint density at radius 2 is 2.09 bits per heavy atom. The summed E-state index contributed by atoms with van der Waals surface area (Å²) in [6, 6.07) is 14.2. The number of nitrogens with one attached hydrogen (secondary N) is 1. The van der Waals surface area contributed by atoms with Crippen LogP contribution in [-0.4, -0.2) is 14.6 Å². The molecule has 1 N–H and O–H groups in total. The minimum absolute atomic E-state index is 0.541. The summed E-state index contributed by atoms with van der Waals surface area (Å²) in [6.45, 7) is 4.36. The van der Waals surface area contributed by atoms with Gasteiger partial charge in [0.2, 0.25) is 0 Å². The molecule has 2 aromatic heterocycles.